The van der Waals surface area contributed by atoms with Gasteiger partial charge < -0.3 is 4.57 Å². The molecule has 2 heterocycles. The molecule has 1 aromatic heterocycles. The van der Waals surface area contributed by atoms with Crippen molar-refractivity contribution in [1.29, 1.82) is 0 Å². The summed E-state index contributed by atoms with van der Waals surface area (Å²) in [5.41, 5.74) is 1.16. The lowest BCUT2D eigenvalue weighted by molar-refractivity contribution is 0.0998. The number of carbonyl (C=O) groups excluding carboxylic acids is 1. The molecule has 1 fully saturated rings. The molecule has 0 radical (unpaired) electrons. The number of piperidine rings is 1. The molecule has 1 amide bonds. The summed E-state index contributed by atoms with van der Waals surface area (Å²) >= 11 is 7.64. The Hall–Kier alpha value is -2.00. The van der Waals surface area contributed by atoms with Gasteiger partial charge in [-0.2, -0.15) is 9.30 Å². The van der Waals surface area contributed by atoms with E-state index in [4.69, 9.17) is 11.6 Å². The Morgan fingerprint density at radius 3 is 2.60 bits per heavy atom. The highest BCUT2D eigenvalue weighted by Crippen LogP contribution is 2.25. The molecule has 1 aliphatic heterocycles. The summed E-state index contributed by atoms with van der Waals surface area (Å²) in [6.07, 6.45) is 1.91. The number of benzene rings is 2. The maximum Gasteiger partial charge on any atom is 0.279 e. The van der Waals surface area contributed by atoms with Gasteiger partial charge in [0.15, 0.2) is 4.80 Å². The molecule has 9 heteroatoms. The normalized spacial score (nSPS) is 18.8. The van der Waals surface area contributed by atoms with Crippen LogP contribution < -0.4 is 4.80 Å². The number of carbonyl (C=O) groups is 1. The molecule has 1 saturated heterocycles. The van der Waals surface area contributed by atoms with Crippen LogP contribution in [0.15, 0.2) is 52.4 Å². The Bertz CT molecular complexity index is 1280. The lowest BCUT2D eigenvalue weighted by atomic mass is 10.0. The van der Waals surface area contributed by atoms with Crippen molar-refractivity contribution in [3.8, 4) is 0 Å². The average molecular weight is 464 g/mol. The topological polar surface area (TPSA) is 71.7 Å². The molecule has 158 valence electrons. The average Bonchev–Trinajstić information content (AvgIpc) is 3.04. The molecule has 2 aromatic carbocycles. The Kier molecular flexibility index (Phi) is 5.85. The molecule has 0 spiro atoms. The third-order valence-electron chi connectivity index (χ3n) is 5.33. The molecule has 6 nitrogen and oxygen atoms in total. The molecule has 1 atom stereocenters. The third kappa shape index (κ3) is 3.97. The van der Waals surface area contributed by atoms with Crippen LogP contribution in [0.2, 0.25) is 5.02 Å². The highest BCUT2D eigenvalue weighted by atomic mass is 35.5. The Morgan fingerprint density at radius 1 is 1.20 bits per heavy atom. The van der Waals surface area contributed by atoms with Gasteiger partial charge in [-0.3, -0.25) is 4.79 Å². The summed E-state index contributed by atoms with van der Waals surface area (Å²) in [7, 11) is -1.74. The maximum atomic E-state index is 12.9. The third-order valence-corrected chi connectivity index (χ3v) is 8.61. The van der Waals surface area contributed by atoms with E-state index < -0.39 is 15.9 Å². The predicted octanol–water partition coefficient (Wildman–Crippen LogP) is 4.05. The summed E-state index contributed by atoms with van der Waals surface area (Å²) in [6.45, 7) is 3.13. The number of hydrogen-bond acceptors (Lipinski definition) is 4. The van der Waals surface area contributed by atoms with Gasteiger partial charge in [0, 0.05) is 25.7 Å². The van der Waals surface area contributed by atoms with E-state index in [1.807, 2.05) is 19.2 Å². The van der Waals surface area contributed by atoms with Crippen molar-refractivity contribution in [2.24, 2.45) is 18.0 Å². The summed E-state index contributed by atoms with van der Waals surface area (Å²) in [5.74, 6) is -0.0763. The standard InChI is InChI=1S/C21H22ClN3O3S2/c1-14-5-4-12-25(13-14)30(27,28)16-10-8-15(9-11-16)20(26)23-21-24(2)19-17(22)6-3-7-18(19)29-21/h3,6-11,14H,4-5,12-13H2,1-2H3/t14-/m0/s1. The first-order chi connectivity index (χ1) is 14.3. The summed E-state index contributed by atoms with van der Waals surface area (Å²) in [6, 6.07) is 11.6. The molecule has 0 bridgehead atoms. The number of aryl methyl sites for hydroxylation is 1. The van der Waals surface area contributed by atoms with Gasteiger partial charge in [-0.15, -0.1) is 0 Å². The monoisotopic (exact) mass is 463 g/mol. The van der Waals surface area contributed by atoms with E-state index in [0.717, 1.165) is 23.1 Å². The molecule has 0 N–H and O–H groups in total. The highest BCUT2D eigenvalue weighted by molar-refractivity contribution is 7.89. The van der Waals surface area contributed by atoms with Gasteiger partial charge in [0.1, 0.15) is 0 Å². The largest absolute Gasteiger partial charge is 0.318 e. The molecular formula is C21H22ClN3O3S2. The molecule has 4 rings (SSSR count). The van der Waals surface area contributed by atoms with Crippen LogP contribution in [0.1, 0.15) is 30.1 Å². The van der Waals surface area contributed by atoms with E-state index in [1.54, 1.807) is 10.6 Å². The van der Waals surface area contributed by atoms with Gasteiger partial charge >= 0.3 is 0 Å². The van der Waals surface area contributed by atoms with Gasteiger partial charge in [0.2, 0.25) is 10.0 Å². The Morgan fingerprint density at radius 2 is 1.93 bits per heavy atom. The number of nitrogens with zero attached hydrogens (tertiary/aromatic N) is 3. The van der Waals surface area contributed by atoms with Crippen molar-refractivity contribution in [3.05, 3.63) is 57.9 Å². The van der Waals surface area contributed by atoms with Gasteiger partial charge in [-0.05, 0) is 55.2 Å². The van der Waals surface area contributed by atoms with Crippen LogP contribution >= 0.6 is 22.9 Å². The zero-order chi connectivity index (χ0) is 21.5. The van der Waals surface area contributed by atoms with Gasteiger partial charge in [-0.1, -0.05) is 35.9 Å². The molecule has 0 saturated carbocycles. The first-order valence-electron chi connectivity index (χ1n) is 9.70. The van der Waals surface area contributed by atoms with Gasteiger partial charge in [0.25, 0.3) is 5.91 Å². The number of aromatic nitrogens is 1. The fourth-order valence-corrected chi connectivity index (χ4v) is 6.70. The second-order valence-electron chi connectivity index (χ2n) is 7.58. The van der Waals surface area contributed by atoms with Crippen LogP contribution in [-0.2, 0) is 17.1 Å². The number of fused-ring (bicyclic) bond motifs is 1. The number of thiazole rings is 1. The fourth-order valence-electron chi connectivity index (χ4n) is 3.70. The first kappa shape index (κ1) is 21.2. The van der Waals surface area contributed by atoms with Crippen molar-refractivity contribution in [2.75, 3.05) is 13.1 Å². The van der Waals surface area contributed by atoms with Crippen LogP contribution in [-0.4, -0.2) is 36.3 Å². The lowest BCUT2D eigenvalue weighted by Gasteiger charge is -2.30. The SMILES string of the molecule is C[C@H]1CCCN(S(=O)(=O)c2ccc(C(=O)N=c3sc4cccc(Cl)c4n3C)cc2)C1. The quantitative estimate of drug-likeness (QED) is 0.588. The van der Waals surface area contributed by atoms with Crippen molar-refractivity contribution in [3.63, 3.8) is 0 Å². The smallest absolute Gasteiger partial charge is 0.279 e. The molecule has 0 aliphatic carbocycles. The van der Waals surface area contributed by atoms with Crippen molar-refractivity contribution >= 4 is 49.1 Å². The van der Waals surface area contributed by atoms with E-state index in [9.17, 15) is 13.2 Å². The number of rotatable bonds is 3. The van der Waals surface area contributed by atoms with Gasteiger partial charge in [-0.25, -0.2) is 8.42 Å². The molecule has 3 aromatic rings. The highest BCUT2D eigenvalue weighted by Gasteiger charge is 2.28. The Labute approximate surface area is 184 Å². The second kappa shape index (κ2) is 8.26. The molecule has 30 heavy (non-hydrogen) atoms. The summed E-state index contributed by atoms with van der Waals surface area (Å²) in [5, 5.41) is 0.599. The number of amides is 1. The van der Waals surface area contributed by atoms with Crippen LogP contribution in [0.4, 0.5) is 0 Å². The van der Waals surface area contributed by atoms with Crippen molar-refractivity contribution < 1.29 is 13.2 Å². The van der Waals surface area contributed by atoms with Crippen molar-refractivity contribution in [1.82, 2.24) is 8.87 Å². The number of halogens is 1. The Balaban J connectivity index is 1.62. The van der Waals surface area contributed by atoms with E-state index in [2.05, 4.69) is 11.9 Å². The molecule has 1 aliphatic rings. The number of hydrogen-bond donors (Lipinski definition) is 0. The zero-order valence-corrected chi connectivity index (χ0v) is 19.1. The fraction of sp³-hybridized carbons (Fsp3) is 0.333. The van der Waals surface area contributed by atoms with E-state index >= 15 is 0 Å². The second-order valence-corrected chi connectivity index (χ2v) is 10.9. The van der Waals surface area contributed by atoms with Gasteiger partial charge in [0.05, 0.1) is 20.1 Å². The minimum Gasteiger partial charge on any atom is -0.318 e. The van der Waals surface area contributed by atoms with Crippen LogP contribution in [0.25, 0.3) is 10.2 Å². The van der Waals surface area contributed by atoms with E-state index in [1.165, 1.54) is 39.9 Å². The minimum atomic E-state index is -3.55. The van der Waals surface area contributed by atoms with Crippen LogP contribution in [0.5, 0.6) is 0 Å². The van der Waals surface area contributed by atoms with E-state index in [-0.39, 0.29) is 4.90 Å². The minimum absolute atomic E-state index is 0.201. The number of sulfonamides is 1. The van der Waals surface area contributed by atoms with Crippen LogP contribution in [0.3, 0.4) is 0 Å². The first-order valence-corrected chi connectivity index (χ1v) is 12.3. The predicted molar refractivity (Wildman–Crippen MR) is 119 cm³/mol. The summed E-state index contributed by atoms with van der Waals surface area (Å²) in [4.78, 5) is 17.6. The van der Waals surface area contributed by atoms with Crippen molar-refractivity contribution in [2.45, 2.75) is 24.7 Å². The van der Waals surface area contributed by atoms with Crippen LogP contribution in [0, 0.1) is 5.92 Å². The van der Waals surface area contributed by atoms with E-state index in [0.29, 0.717) is 34.4 Å². The molecule has 0 unspecified atom stereocenters. The molecular weight excluding hydrogens is 442 g/mol. The zero-order valence-electron chi connectivity index (χ0n) is 16.7. The maximum absolute atomic E-state index is 12.9. The lowest BCUT2D eigenvalue weighted by Crippen LogP contribution is -2.39. The summed E-state index contributed by atoms with van der Waals surface area (Å²) < 4.78 is 30.0. The number of para-hydroxylation sites is 1.